The monoisotopic (exact) mass is 1400 g/mol. The fraction of sp³-hybridized carbons (Fsp3) is 0.981. The number of carboxylic acid groups (broad SMARTS) is 1. The number of thioether (sulfide) groups is 1. The van der Waals surface area contributed by atoms with Crippen molar-refractivity contribution >= 4 is 17.7 Å². The van der Waals surface area contributed by atoms with E-state index in [4.69, 9.17) is 75.8 Å². The lowest BCUT2D eigenvalue weighted by Crippen LogP contribution is -2.69. The van der Waals surface area contributed by atoms with Crippen molar-refractivity contribution in [3.05, 3.63) is 0 Å². The second kappa shape index (κ2) is 33.4. The average Bonchev–Trinajstić information content (AvgIpc) is 0.781. The number of carbonyl (C=O) groups is 1. The first-order chi connectivity index (χ1) is 44.7. The molecule has 42 heteroatoms. The number of ether oxygens (including phenoxy) is 16. The lowest BCUT2D eigenvalue weighted by atomic mass is 9.95. The molecule has 30 saturated heterocycles. The van der Waals surface area contributed by atoms with E-state index in [9.17, 15) is 127 Å². The molecule has 30 aliphatic heterocycles. The number of hydrogen-bond donors (Lipinski definition) is 24. The van der Waals surface area contributed by atoms with Gasteiger partial charge in [-0.2, -0.15) is 11.8 Å². The van der Waals surface area contributed by atoms with Crippen molar-refractivity contribution in [1.82, 2.24) is 0 Å². The Hall–Kier alpha value is -1.74. The highest BCUT2D eigenvalue weighted by Gasteiger charge is 2.60. The Kier molecular flexibility index (Phi) is 27.1. The molecule has 0 radical (unpaired) electrons. The molecular weight excluding hydrogens is 1310 g/mol. The van der Waals surface area contributed by atoms with Gasteiger partial charge in [0.2, 0.25) is 0 Å². The van der Waals surface area contributed by atoms with Gasteiger partial charge in [-0.3, -0.25) is 4.79 Å². The third-order valence-electron chi connectivity index (χ3n) is 17.7. The van der Waals surface area contributed by atoms with Crippen LogP contribution in [0.3, 0.4) is 0 Å². The van der Waals surface area contributed by atoms with Crippen LogP contribution >= 0.6 is 11.8 Å². The summed E-state index contributed by atoms with van der Waals surface area (Å²) in [7, 11) is 0. The van der Waals surface area contributed by atoms with Crippen LogP contribution in [0.25, 0.3) is 0 Å². The standard InChI is InChI=1S/C52H86O41S/c53-4-12-37-21(62)29(70)45(78-12)87-38-13(5-54)80-47(31(72)23(38)64)89-40-15(7-56)82-49(33(74)25(40)66)91-42-17(9-58)84-51(35(76)27(42)68)93-44-19(11-94-3-1-2-20(60)61)85-52(36(77)28(44)69)92-43-18(10-59)83-50(34(75)26(43)67)90-41-16(8-57)81-48(32(73)24(41)65)88-39-14(6-55)79-46(86-37)30(71)22(39)63/h12-19,21-59,62-77H,1-11H2,(H,60,61)/t12?,13?,14?,15?,16?,17?,18?,19?,21?,22?,23?,24?,25?,26?,27?,28?,29?,30?,31?,32?,33?,34?,35?,36?,37-,38-,39-,40-,41-,42-,43-,44-,45-,46-,47-,48-,49-,50-,51-,52-/m1/s1. The molecule has 40 atom stereocenters. The van der Waals surface area contributed by atoms with Crippen molar-refractivity contribution in [2.45, 2.75) is 258 Å². The summed E-state index contributed by atoms with van der Waals surface area (Å²) < 4.78 is 92.4. The summed E-state index contributed by atoms with van der Waals surface area (Å²) in [6, 6.07) is 0. The summed E-state index contributed by atoms with van der Waals surface area (Å²) in [4.78, 5) is 11.3. The molecular formula is C52H86O41S. The molecule has 0 aromatic heterocycles. The first kappa shape index (κ1) is 76.4. The number of aliphatic hydroxyl groups excluding tert-OH is 23. The maximum atomic E-state index is 11.8. The van der Waals surface area contributed by atoms with Crippen LogP contribution in [-0.2, 0) is 80.6 Å². The number of rotatable bonds is 13. The molecule has 0 spiro atoms. The van der Waals surface area contributed by atoms with Gasteiger partial charge in [-0.05, 0) is 12.2 Å². The van der Waals surface area contributed by atoms with Gasteiger partial charge in [0, 0.05) is 12.2 Å². The van der Waals surface area contributed by atoms with Crippen LogP contribution in [0.2, 0.25) is 0 Å². The highest BCUT2D eigenvalue weighted by molar-refractivity contribution is 7.99. The van der Waals surface area contributed by atoms with E-state index in [1.165, 1.54) is 0 Å². The molecule has 546 valence electrons. The number of aliphatic hydroxyl groups is 23. The maximum Gasteiger partial charge on any atom is 0.303 e. The molecule has 0 aromatic carbocycles. The summed E-state index contributed by atoms with van der Waals surface area (Å²) in [5.41, 5.74) is 0. The van der Waals surface area contributed by atoms with Crippen molar-refractivity contribution in [2.75, 3.05) is 57.8 Å². The van der Waals surface area contributed by atoms with Gasteiger partial charge < -0.3 is 198 Å². The van der Waals surface area contributed by atoms with Gasteiger partial charge >= 0.3 is 5.97 Å². The molecule has 16 bridgehead atoms. The van der Waals surface area contributed by atoms with Crippen LogP contribution in [0.5, 0.6) is 0 Å². The van der Waals surface area contributed by atoms with Gasteiger partial charge in [0.25, 0.3) is 0 Å². The minimum atomic E-state index is -2.26. The van der Waals surface area contributed by atoms with E-state index in [0.717, 1.165) is 11.8 Å². The number of carboxylic acids is 1. The Morgan fingerprint density at radius 1 is 0.245 bits per heavy atom. The van der Waals surface area contributed by atoms with E-state index in [2.05, 4.69) is 0 Å². The highest BCUT2D eigenvalue weighted by Crippen LogP contribution is 2.40. The van der Waals surface area contributed by atoms with E-state index < -0.39 is 298 Å². The molecule has 30 rings (SSSR count). The second-order valence-corrected chi connectivity index (χ2v) is 25.0. The lowest BCUT2D eigenvalue weighted by Gasteiger charge is -2.50. The number of aliphatic carboxylic acids is 1. The van der Waals surface area contributed by atoms with Crippen molar-refractivity contribution in [3.8, 4) is 0 Å². The quantitative estimate of drug-likeness (QED) is 0.0762. The van der Waals surface area contributed by atoms with Gasteiger partial charge in [0.1, 0.15) is 189 Å². The summed E-state index contributed by atoms with van der Waals surface area (Å²) in [5, 5.41) is 266. The Balaban J connectivity index is 0.990. The first-order valence-electron chi connectivity index (χ1n) is 30.2. The minimum absolute atomic E-state index is 0.103. The zero-order valence-electron chi connectivity index (χ0n) is 49.5. The van der Waals surface area contributed by atoms with Gasteiger partial charge in [-0.15, -0.1) is 0 Å². The molecule has 30 aliphatic rings. The summed E-state index contributed by atoms with van der Waals surface area (Å²) in [6.07, 6.45) is -81.9. The predicted molar refractivity (Wildman–Crippen MR) is 288 cm³/mol. The molecule has 30 fully saturated rings. The Labute approximate surface area is 535 Å². The van der Waals surface area contributed by atoms with Gasteiger partial charge in [0.15, 0.2) is 50.3 Å². The van der Waals surface area contributed by atoms with Crippen LogP contribution in [0.4, 0.5) is 0 Å². The topological polar surface area (TPSA) is 650 Å². The van der Waals surface area contributed by atoms with Crippen LogP contribution in [0.15, 0.2) is 0 Å². The Bertz CT molecular complexity index is 2310. The molecule has 0 amide bonds. The van der Waals surface area contributed by atoms with Crippen molar-refractivity contribution in [1.29, 1.82) is 0 Å². The average molecular weight is 1400 g/mol. The molecule has 24 unspecified atom stereocenters. The second-order valence-electron chi connectivity index (χ2n) is 23.8. The van der Waals surface area contributed by atoms with E-state index >= 15 is 0 Å². The molecule has 94 heavy (non-hydrogen) atoms. The third kappa shape index (κ3) is 16.0. The Morgan fingerprint density at radius 2 is 0.404 bits per heavy atom. The molecule has 30 heterocycles. The number of hydrogen-bond acceptors (Lipinski definition) is 41. The highest BCUT2D eigenvalue weighted by atomic mass is 32.2. The van der Waals surface area contributed by atoms with Crippen molar-refractivity contribution < 1.29 is 203 Å². The van der Waals surface area contributed by atoms with Gasteiger partial charge in [0.05, 0.1) is 52.4 Å². The van der Waals surface area contributed by atoms with E-state index in [1.807, 2.05) is 0 Å². The summed E-state index contributed by atoms with van der Waals surface area (Å²) in [6.45, 7) is -7.59. The predicted octanol–water partition coefficient (Wildman–Crippen LogP) is -15.8. The zero-order valence-corrected chi connectivity index (χ0v) is 50.3. The van der Waals surface area contributed by atoms with Crippen LogP contribution in [-0.4, -0.2) is 432 Å². The fourth-order valence-electron chi connectivity index (χ4n) is 12.4. The first-order valence-corrected chi connectivity index (χ1v) is 31.3. The fourth-order valence-corrected chi connectivity index (χ4v) is 13.4. The molecule has 24 N–H and O–H groups in total. The van der Waals surface area contributed by atoms with Crippen molar-refractivity contribution in [3.63, 3.8) is 0 Å². The molecule has 0 aromatic rings. The zero-order chi connectivity index (χ0) is 68.5. The van der Waals surface area contributed by atoms with Crippen molar-refractivity contribution in [2.24, 2.45) is 0 Å². The van der Waals surface area contributed by atoms with E-state index in [-0.39, 0.29) is 24.3 Å². The SMILES string of the molecule is O=C(O)CCCSCC1O[C@@H]2O[C@@H]3C(CO)O[C@H](O[C@@H]4C(CO)O[C@H](O[C@@H]5C(CO)O[C@H](O[C@@H]6C(CO)O[C@H](O[C@@H]7C(CO)O[C@H](O[C@@H]8C(CO)O[C@H](O[C@@H]9C(CO)O[C@H](O[C@H]1C(O)C2O)C(O)C9O)C(O)C8O)C(O)C7O)C(O)C6O)C(O)C5O)C(O)C4O)C(O)C3O. The molecule has 0 aliphatic carbocycles. The molecule has 0 saturated carbocycles. The van der Waals surface area contributed by atoms with Gasteiger partial charge in [-0.25, -0.2) is 0 Å². The smallest absolute Gasteiger partial charge is 0.303 e. The van der Waals surface area contributed by atoms with E-state index in [1.54, 1.807) is 0 Å². The van der Waals surface area contributed by atoms with Crippen LogP contribution in [0, 0.1) is 0 Å². The largest absolute Gasteiger partial charge is 0.481 e. The normalized spacial score (nSPS) is 52.5. The summed E-state index contributed by atoms with van der Waals surface area (Å²) in [5.74, 6) is -1.24. The van der Waals surface area contributed by atoms with E-state index in [0.29, 0.717) is 0 Å². The lowest BCUT2D eigenvalue weighted by molar-refractivity contribution is -0.403. The molecule has 41 nitrogen and oxygen atoms in total. The maximum absolute atomic E-state index is 11.8. The minimum Gasteiger partial charge on any atom is -0.481 e. The van der Waals surface area contributed by atoms with Gasteiger partial charge in [-0.1, -0.05) is 0 Å². The summed E-state index contributed by atoms with van der Waals surface area (Å²) >= 11 is 1.03. The third-order valence-corrected chi connectivity index (χ3v) is 18.8. The van der Waals surface area contributed by atoms with Crippen LogP contribution in [0.1, 0.15) is 12.8 Å². The van der Waals surface area contributed by atoms with Crippen LogP contribution < -0.4 is 0 Å². The Morgan fingerprint density at radius 3 is 0.564 bits per heavy atom.